The van der Waals surface area contributed by atoms with Gasteiger partial charge in [-0.15, -0.1) is 11.3 Å². The zero-order valence-electron chi connectivity index (χ0n) is 8.45. The molecule has 1 aromatic rings. The summed E-state index contributed by atoms with van der Waals surface area (Å²) in [6, 6.07) is 0.204. The molecule has 2 N–H and O–H groups in total. The van der Waals surface area contributed by atoms with Crippen LogP contribution in [0.2, 0.25) is 0 Å². The van der Waals surface area contributed by atoms with Crippen molar-refractivity contribution < 1.29 is 0 Å². The van der Waals surface area contributed by atoms with Gasteiger partial charge in [0, 0.05) is 16.7 Å². The van der Waals surface area contributed by atoms with E-state index in [-0.39, 0.29) is 6.04 Å². The number of fused-ring (bicyclic) bond motifs is 1. The molecule has 0 fully saturated rings. The molecule has 4 heteroatoms. The third kappa shape index (κ3) is 2.12. The first-order valence-electron chi connectivity index (χ1n) is 5.13. The zero-order valence-corrected chi connectivity index (χ0v) is 10.1. The number of hydrogen-bond donors (Lipinski definition) is 1. The van der Waals surface area contributed by atoms with Crippen LogP contribution in [0.4, 0.5) is 0 Å². The van der Waals surface area contributed by atoms with Gasteiger partial charge in [-0.05, 0) is 25.0 Å². The summed E-state index contributed by atoms with van der Waals surface area (Å²) in [5.41, 5.74) is 7.21. The number of aromatic nitrogens is 1. The molecule has 0 bridgehead atoms. The van der Waals surface area contributed by atoms with Gasteiger partial charge < -0.3 is 5.73 Å². The highest BCUT2D eigenvalue weighted by molar-refractivity contribution is 7.98. The number of nitrogens with zero attached hydrogens (tertiary/aromatic N) is 1. The highest BCUT2D eigenvalue weighted by Crippen LogP contribution is 2.32. The maximum Gasteiger partial charge on any atom is 0.103 e. The summed E-state index contributed by atoms with van der Waals surface area (Å²) < 4.78 is 0. The van der Waals surface area contributed by atoms with Crippen molar-refractivity contribution >= 4 is 23.1 Å². The van der Waals surface area contributed by atoms with E-state index in [0.717, 1.165) is 17.9 Å². The zero-order chi connectivity index (χ0) is 9.97. The van der Waals surface area contributed by atoms with Crippen LogP contribution < -0.4 is 5.73 Å². The van der Waals surface area contributed by atoms with E-state index in [4.69, 9.17) is 5.73 Å². The average molecular weight is 228 g/mol. The predicted molar refractivity (Wildman–Crippen MR) is 63.8 cm³/mol. The minimum Gasteiger partial charge on any atom is -0.323 e. The Bertz CT molecular complexity index is 309. The lowest BCUT2D eigenvalue weighted by Gasteiger charge is -2.15. The van der Waals surface area contributed by atoms with Crippen LogP contribution in [0.1, 0.15) is 41.4 Å². The first-order valence-corrected chi connectivity index (χ1v) is 7.10. The van der Waals surface area contributed by atoms with E-state index in [2.05, 4.69) is 11.9 Å². The fourth-order valence-electron chi connectivity index (χ4n) is 1.75. The van der Waals surface area contributed by atoms with Crippen molar-refractivity contribution in [1.29, 1.82) is 0 Å². The summed E-state index contributed by atoms with van der Waals surface area (Å²) in [7, 11) is 0. The Morgan fingerprint density at radius 2 is 2.50 bits per heavy atom. The summed E-state index contributed by atoms with van der Waals surface area (Å²) in [5, 5.41) is 1.26. The van der Waals surface area contributed by atoms with Crippen LogP contribution in [0.5, 0.6) is 0 Å². The van der Waals surface area contributed by atoms with Crippen molar-refractivity contribution in [3.8, 4) is 0 Å². The van der Waals surface area contributed by atoms with E-state index in [0.29, 0.717) is 0 Å². The Labute approximate surface area is 93.3 Å². The summed E-state index contributed by atoms with van der Waals surface area (Å²) in [4.78, 5) is 6.08. The van der Waals surface area contributed by atoms with Crippen LogP contribution >= 0.6 is 23.1 Å². The molecule has 0 saturated heterocycles. The molecule has 1 aliphatic carbocycles. The smallest absolute Gasteiger partial charge is 0.103 e. The van der Waals surface area contributed by atoms with Crippen LogP contribution in [0.3, 0.4) is 0 Å². The van der Waals surface area contributed by atoms with Crippen molar-refractivity contribution in [3.05, 3.63) is 15.6 Å². The number of rotatable bonds is 3. The van der Waals surface area contributed by atoms with Gasteiger partial charge in [0.05, 0.1) is 5.69 Å². The number of aryl methyl sites for hydroxylation is 1. The topological polar surface area (TPSA) is 38.9 Å². The molecule has 0 saturated carbocycles. The lowest BCUT2D eigenvalue weighted by Crippen LogP contribution is -2.16. The van der Waals surface area contributed by atoms with Gasteiger partial charge >= 0.3 is 0 Å². The van der Waals surface area contributed by atoms with E-state index in [9.17, 15) is 0 Å². The first-order chi connectivity index (χ1) is 6.81. The Hall–Kier alpha value is -0.0600. The van der Waals surface area contributed by atoms with E-state index < -0.39 is 0 Å². The standard InChI is InChI=1S/C10H16N2S2/c1-2-13-6-9-12-10-7(11)4-3-5-8(10)14-9/h7H,2-6,11H2,1H3. The molecule has 1 unspecified atom stereocenters. The number of hydrogen-bond acceptors (Lipinski definition) is 4. The minimum absolute atomic E-state index is 0.204. The van der Waals surface area contributed by atoms with Crippen molar-refractivity contribution in [3.63, 3.8) is 0 Å². The molecule has 1 aliphatic rings. The highest BCUT2D eigenvalue weighted by atomic mass is 32.2. The Balaban J connectivity index is 2.13. The molecule has 0 aliphatic heterocycles. The molecule has 14 heavy (non-hydrogen) atoms. The summed E-state index contributed by atoms with van der Waals surface area (Å²) >= 11 is 3.80. The highest BCUT2D eigenvalue weighted by Gasteiger charge is 2.21. The molecule has 1 aromatic heterocycles. The van der Waals surface area contributed by atoms with Crippen LogP contribution in [-0.2, 0) is 12.2 Å². The lowest BCUT2D eigenvalue weighted by molar-refractivity contribution is 0.563. The van der Waals surface area contributed by atoms with Gasteiger partial charge in [0.2, 0.25) is 0 Å². The summed E-state index contributed by atoms with van der Waals surface area (Å²) in [6.45, 7) is 2.18. The SMILES string of the molecule is CCSCc1nc2c(s1)CCCC2N. The molecule has 1 heterocycles. The Kier molecular flexibility index (Phi) is 3.47. The molecule has 0 radical (unpaired) electrons. The van der Waals surface area contributed by atoms with Gasteiger partial charge in [-0.2, -0.15) is 11.8 Å². The monoisotopic (exact) mass is 228 g/mol. The molecular weight excluding hydrogens is 212 g/mol. The Morgan fingerprint density at radius 1 is 1.64 bits per heavy atom. The Morgan fingerprint density at radius 3 is 3.21 bits per heavy atom. The van der Waals surface area contributed by atoms with E-state index in [1.807, 2.05) is 23.1 Å². The third-order valence-corrected chi connectivity index (χ3v) is 4.67. The van der Waals surface area contributed by atoms with Crippen molar-refractivity contribution in [1.82, 2.24) is 4.98 Å². The van der Waals surface area contributed by atoms with Gasteiger partial charge in [-0.3, -0.25) is 0 Å². The largest absolute Gasteiger partial charge is 0.323 e. The molecule has 0 amide bonds. The average Bonchev–Trinajstić information content (AvgIpc) is 2.59. The van der Waals surface area contributed by atoms with Gasteiger partial charge in [0.15, 0.2) is 0 Å². The first kappa shape index (κ1) is 10.5. The maximum absolute atomic E-state index is 6.03. The normalized spacial score (nSPS) is 20.9. The summed E-state index contributed by atoms with van der Waals surface area (Å²) in [5.74, 6) is 2.22. The van der Waals surface area contributed by atoms with Gasteiger partial charge in [0.25, 0.3) is 0 Å². The van der Waals surface area contributed by atoms with Crippen molar-refractivity contribution in [2.24, 2.45) is 5.73 Å². The van der Waals surface area contributed by atoms with E-state index in [1.54, 1.807) is 0 Å². The second-order valence-corrected chi connectivity index (χ2v) is 5.99. The molecule has 0 aromatic carbocycles. The van der Waals surface area contributed by atoms with Crippen LogP contribution in [-0.4, -0.2) is 10.7 Å². The van der Waals surface area contributed by atoms with Crippen LogP contribution in [0.15, 0.2) is 0 Å². The molecule has 78 valence electrons. The van der Waals surface area contributed by atoms with Crippen molar-refractivity contribution in [2.75, 3.05) is 5.75 Å². The molecule has 0 spiro atoms. The van der Waals surface area contributed by atoms with Gasteiger partial charge in [-0.1, -0.05) is 6.92 Å². The van der Waals surface area contributed by atoms with Gasteiger partial charge in [0.1, 0.15) is 5.01 Å². The predicted octanol–water partition coefficient (Wildman–Crippen LogP) is 2.73. The second kappa shape index (κ2) is 4.64. The molecule has 1 atom stereocenters. The minimum atomic E-state index is 0.204. The molecule has 2 rings (SSSR count). The second-order valence-electron chi connectivity index (χ2n) is 3.55. The molecule has 2 nitrogen and oxygen atoms in total. The summed E-state index contributed by atoms with van der Waals surface area (Å²) in [6.07, 6.45) is 3.53. The molecular formula is C10H16N2S2. The third-order valence-electron chi connectivity index (χ3n) is 2.47. The fourth-order valence-corrected chi connectivity index (χ4v) is 3.66. The van der Waals surface area contributed by atoms with Crippen molar-refractivity contribution in [2.45, 2.75) is 38.0 Å². The number of nitrogens with two attached hydrogens (primary N) is 1. The number of thiazole rings is 1. The van der Waals surface area contributed by atoms with Crippen LogP contribution in [0.25, 0.3) is 0 Å². The fraction of sp³-hybridized carbons (Fsp3) is 0.700. The van der Waals surface area contributed by atoms with E-state index >= 15 is 0 Å². The maximum atomic E-state index is 6.03. The van der Waals surface area contributed by atoms with E-state index in [1.165, 1.54) is 28.4 Å². The van der Waals surface area contributed by atoms with Crippen LogP contribution in [0, 0.1) is 0 Å². The quantitative estimate of drug-likeness (QED) is 0.864. The van der Waals surface area contributed by atoms with Gasteiger partial charge in [-0.25, -0.2) is 4.98 Å². The lowest BCUT2D eigenvalue weighted by atomic mass is 9.99. The number of thioether (sulfide) groups is 1.